The van der Waals surface area contributed by atoms with E-state index in [-0.39, 0.29) is 17.5 Å². The van der Waals surface area contributed by atoms with Gasteiger partial charge < -0.3 is 5.32 Å². The highest BCUT2D eigenvalue weighted by molar-refractivity contribution is 5.92. The van der Waals surface area contributed by atoms with E-state index in [0.717, 1.165) is 44.7 Å². The van der Waals surface area contributed by atoms with Crippen molar-refractivity contribution in [2.75, 3.05) is 38.0 Å². The summed E-state index contributed by atoms with van der Waals surface area (Å²) >= 11 is 0. The molecule has 0 bridgehead atoms. The average molecular weight is 373 g/mol. The molecule has 144 valence electrons. The van der Waals surface area contributed by atoms with Gasteiger partial charge in [0.25, 0.3) is 0 Å². The molecule has 6 heteroatoms. The zero-order valence-electron chi connectivity index (χ0n) is 15.5. The van der Waals surface area contributed by atoms with Gasteiger partial charge in [-0.25, -0.2) is 8.78 Å². The number of anilines is 1. The summed E-state index contributed by atoms with van der Waals surface area (Å²) in [5.74, 6) is -0.676. The van der Waals surface area contributed by atoms with E-state index in [9.17, 15) is 13.6 Å². The molecule has 0 aliphatic carbocycles. The van der Waals surface area contributed by atoms with Crippen LogP contribution in [0.25, 0.3) is 0 Å². The molecule has 2 aromatic carbocycles. The molecule has 4 nitrogen and oxygen atoms in total. The van der Waals surface area contributed by atoms with Crippen LogP contribution in [0.3, 0.4) is 0 Å². The molecule has 1 aliphatic heterocycles. The smallest absolute Gasteiger partial charge is 0.238 e. The van der Waals surface area contributed by atoms with Gasteiger partial charge in [-0.05, 0) is 61.8 Å². The lowest BCUT2D eigenvalue weighted by molar-refractivity contribution is -0.117. The number of hydrogen-bond donors (Lipinski definition) is 1. The fourth-order valence-electron chi connectivity index (χ4n) is 3.26. The first kappa shape index (κ1) is 19.5. The Morgan fingerprint density at radius 1 is 1.00 bits per heavy atom. The van der Waals surface area contributed by atoms with Gasteiger partial charge in [-0.2, -0.15) is 0 Å². The van der Waals surface area contributed by atoms with Crippen LogP contribution in [0.5, 0.6) is 0 Å². The Labute approximate surface area is 158 Å². The predicted octanol–water partition coefficient (Wildman–Crippen LogP) is 3.42. The molecule has 2 aromatic rings. The topological polar surface area (TPSA) is 35.6 Å². The van der Waals surface area contributed by atoms with Gasteiger partial charge in [0.1, 0.15) is 11.6 Å². The van der Waals surface area contributed by atoms with E-state index in [2.05, 4.69) is 15.1 Å². The molecule has 1 fully saturated rings. The maximum Gasteiger partial charge on any atom is 0.238 e. The first-order valence-corrected chi connectivity index (χ1v) is 9.25. The second-order valence-electron chi connectivity index (χ2n) is 7.04. The molecule has 0 unspecified atom stereocenters. The summed E-state index contributed by atoms with van der Waals surface area (Å²) in [6, 6.07) is 11.3. The highest BCUT2D eigenvalue weighted by Crippen LogP contribution is 2.14. The number of carbonyl (C=O) groups is 1. The zero-order valence-corrected chi connectivity index (χ0v) is 15.5. The van der Waals surface area contributed by atoms with Crippen molar-refractivity contribution in [2.24, 2.45) is 0 Å². The highest BCUT2D eigenvalue weighted by atomic mass is 19.1. The molecule has 0 aromatic heterocycles. The zero-order chi connectivity index (χ0) is 19.2. The van der Waals surface area contributed by atoms with Crippen molar-refractivity contribution in [1.29, 1.82) is 0 Å². The van der Waals surface area contributed by atoms with Crippen LogP contribution in [0, 0.1) is 18.6 Å². The summed E-state index contributed by atoms with van der Waals surface area (Å²) in [5, 5.41) is 2.76. The quantitative estimate of drug-likeness (QED) is 0.872. The van der Waals surface area contributed by atoms with Gasteiger partial charge in [0.2, 0.25) is 5.91 Å². The Morgan fingerprint density at radius 3 is 2.44 bits per heavy atom. The van der Waals surface area contributed by atoms with Crippen LogP contribution in [0.1, 0.15) is 17.5 Å². The fraction of sp³-hybridized carbons (Fsp3) is 0.381. The SMILES string of the molecule is Cc1ccc(NC(=O)CN2CCCN(Cc3ccc(F)cc3)CC2)cc1F. The molecule has 0 radical (unpaired) electrons. The van der Waals surface area contributed by atoms with Gasteiger partial charge in [0.05, 0.1) is 6.54 Å². The Bertz CT molecular complexity index is 779. The summed E-state index contributed by atoms with van der Waals surface area (Å²) in [6.07, 6.45) is 0.966. The minimum atomic E-state index is -0.320. The minimum Gasteiger partial charge on any atom is -0.325 e. The predicted molar refractivity (Wildman–Crippen MR) is 103 cm³/mol. The largest absolute Gasteiger partial charge is 0.325 e. The van der Waals surface area contributed by atoms with Crippen molar-refractivity contribution in [1.82, 2.24) is 9.80 Å². The van der Waals surface area contributed by atoms with Crippen LogP contribution in [-0.2, 0) is 11.3 Å². The van der Waals surface area contributed by atoms with Crippen molar-refractivity contribution in [2.45, 2.75) is 19.9 Å². The maximum absolute atomic E-state index is 13.6. The number of nitrogens with one attached hydrogen (secondary N) is 1. The standard InChI is InChI=1S/C21H25F2N3O/c1-16-3-8-19(13-20(16)23)24-21(27)15-26-10-2-9-25(11-12-26)14-17-4-6-18(22)7-5-17/h3-8,13H,2,9-12,14-15H2,1H3,(H,24,27). The molecular formula is C21H25F2N3O. The van der Waals surface area contributed by atoms with Crippen LogP contribution >= 0.6 is 0 Å². The summed E-state index contributed by atoms with van der Waals surface area (Å²) in [4.78, 5) is 16.7. The number of hydrogen-bond acceptors (Lipinski definition) is 3. The van der Waals surface area contributed by atoms with Crippen LogP contribution in [0.15, 0.2) is 42.5 Å². The second-order valence-corrected chi connectivity index (χ2v) is 7.04. The Morgan fingerprint density at radius 2 is 1.70 bits per heavy atom. The lowest BCUT2D eigenvalue weighted by Gasteiger charge is -2.21. The van der Waals surface area contributed by atoms with E-state index in [1.165, 1.54) is 18.2 Å². The number of aryl methyl sites for hydroxylation is 1. The molecule has 1 heterocycles. The number of carbonyl (C=O) groups excluding carboxylic acids is 1. The summed E-state index contributed by atoms with van der Waals surface area (Å²) in [6.45, 7) is 6.19. The highest BCUT2D eigenvalue weighted by Gasteiger charge is 2.17. The molecule has 1 saturated heterocycles. The van der Waals surface area contributed by atoms with Gasteiger partial charge in [-0.1, -0.05) is 18.2 Å². The van der Waals surface area contributed by atoms with Gasteiger partial charge in [-0.3, -0.25) is 14.6 Å². The number of rotatable bonds is 5. The molecule has 0 atom stereocenters. The molecule has 0 spiro atoms. The lowest BCUT2D eigenvalue weighted by atomic mass is 10.2. The number of amides is 1. The van der Waals surface area contributed by atoms with Crippen LogP contribution < -0.4 is 5.32 Å². The third-order valence-electron chi connectivity index (χ3n) is 4.82. The molecule has 3 rings (SSSR count). The number of halogens is 2. The summed E-state index contributed by atoms with van der Waals surface area (Å²) in [7, 11) is 0. The van der Waals surface area contributed by atoms with Gasteiger partial charge in [0.15, 0.2) is 0 Å². The molecule has 1 amide bonds. The first-order valence-electron chi connectivity index (χ1n) is 9.25. The second kappa shape index (κ2) is 9.06. The van der Waals surface area contributed by atoms with Crippen molar-refractivity contribution in [3.05, 3.63) is 65.2 Å². The van der Waals surface area contributed by atoms with Crippen molar-refractivity contribution >= 4 is 11.6 Å². The third kappa shape index (κ3) is 5.84. The summed E-state index contributed by atoms with van der Waals surface area (Å²) in [5.41, 5.74) is 2.13. The monoisotopic (exact) mass is 373 g/mol. The Kier molecular flexibility index (Phi) is 6.53. The van der Waals surface area contributed by atoms with E-state index < -0.39 is 0 Å². The van der Waals surface area contributed by atoms with Crippen molar-refractivity contribution < 1.29 is 13.6 Å². The van der Waals surface area contributed by atoms with Crippen LogP contribution in [-0.4, -0.2) is 48.4 Å². The first-order chi connectivity index (χ1) is 13.0. The van der Waals surface area contributed by atoms with E-state index in [1.807, 2.05) is 12.1 Å². The van der Waals surface area contributed by atoms with E-state index in [0.29, 0.717) is 17.8 Å². The van der Waals surface area contributed by atoms with Gasteiger partial charge >= 0.3 is 0 Å². The molecule has 0 saturated carbocycles. The molecule has 1 N–H and O–H groups in total. The summed E-state index contributed by atoms with van der Waals surface area (Å²) < 4.78 is 26.6. The number of nitrogens with zero attached hydrogens (tertiary/aromatic N) is 2. The average Bonchev–Trinajstić information content (AvgIpc) is 2.85. The molecule has 1 aliphatic rings. The normalized spacial score (nSPS) is 16.1. The van der Waals surface area contributed by atoms with Gasteiger partial charge in [0, 0.05) is 25.3 Å². The van der Waals surface area contributed by atoms with E-state index in [1.54, 1.807) is 19.1 Å². The van der Waals surface area contributed by atoms with Crippen molar-refractivity contribution in [3.8, 4) is 0 Å². The molecule has 27 heavy (non-hydrogen) atoms. The third-order valence-corrected chi connectivity index (χ3v) is 4.82. The fourth-order valence-corrected chi connectivity index (χ4v) is 3.26. The van der Waals surface area contributed by atoms with Crippen LogP contribution in [0.2, 0.25) is 0 Å². The Balaban J connectivity index is 1.48. The number of benzene rings is 2. The van der Waals surface area contributed by atoms with Gasteiger partial charge in [-0.15, -0.1) is 0 Å². The maximum atomic E-state index is 13.6. The lowest BCUT2D eigenvalue weighted by Crippen LogP contribution is -2.36. The van der Waals surface area contributed by atoms with Crippen molar-refractivity contribution in [3.63, 3.8) is 0 Å². The van der Waals surface area contributed by atoms with E-state index >= 15 is 0 Å². The minimum absolute atomic E-state index is 0.134. The van der Waals surface area contributed by atoms with Crippen LogP contribution in [0.4, 0.5) is 14.5 Å². The Hall–Kier alpha value is -2.31. The van der Waals surface area contributed by atoms with E-state index in [4.69, 9.17) is 0 Å². The molecular weight excluding hydrogens is 348 g/mol.